The first-order valence-electron chi connectivity index (χ1n) is 16.9. The lowest BCUT2D eigenvalue weighted by Gasteiger charge is -2.52. The van der Waals surface area contributed by atoms with Crippen molar-refractivity contribution in [2.24, 2.45) is 11.8 Å². The Hall–Kier alpha value is -4.02. The van der Waals surface area contributed by atoms with E-state index < -0.39 is 34.9 Å². The number of amides is 2. The van der Waals surface area contributed by atoms with E-state index in [1.807, 2.05) is 6.07 Å². The van der Waals surface area contributed by atoms with Gasteiger partial charge in [0, 0.05) is 36.7 Å². The van der Waals surface area contributed by atoms with E-state index in [-0.39, 0.29) is 56.2 Å². The molecular weight excluding hydrogens is 637 g/mol. The van der Waals surface area contributed by atoms with Gasteiger partial charge in [-0.3, -0.25) is 4.90 Å². The standard InChI is InChI=1S/C36H47F3N6O4/c1-43(2)19-28-24(18-40)11-12-31(32(28)38)45-22-35(39,23-45)21-44-15-13-25(14-16-44)36(20-41-33(46)48-3,26-7-5-8-27(37)17-26)29-9-6-10-30(29)42-34(47)49-4/h5,7-8,11-12,17,25,29-30H,6,9-10,13-16,19-23H2,1-4H3,(H,41,46)(H,42,47)/t29-,30-,36-/m0/s1. The van der Waals surface area contributed by atoms with Gasteiger partial charge >= 0.3 is 12.2 Å². The monoisotopic (exact) mass is 684 g/mol. The van der Waals surface area contributed by atoms with Gasteiger partial charge in [0.1, 0.15) is 5.82 Å². The first-order valence-corrected chi connectivity index (χ1v) is 16.9. The van der Waals surface area contributed by atoms with Crippen molar-refractivity contribution < 1.29 is 32.2 Å². The lowest BCUT2D eigenvalue weighted by Crippen LogP contribution is -2.65. The van der Waals surface area contributed by atoms with E-state index in [1.165, 1.54) is 26.4 Å². The molecule has 3 fully saturated rings. The molecule has 5 rings (SSSR count). The highest BCUT2D eigenvalue weighted by molar-refractivity contribution is 5.68. The molecule has 0 bridgehead atoms. The summed E-state index contributed by atoms with van der Waals surface area (Å²) in [7, 11) is 6.21. The van der Waals surface area contributed by atoms with Gasteiger partial charge in [0.05, 0.1) is 44.6 Å². The Bertz CT molecular complexity index is 1540. The highest BCUT2D eigenvalue weighted by Crippen LogP contribution is 2.50. The predicted molar refractivity (Wildman–Crippen MR) is 179 cm³/mol. The number of piperidine rings is 1. The summed E-state index contributed by atoms with van der Waals surface area (Å²) in [6.45, 7) is 1.84. The zero-order valence-electron chi connectivity index (χ0n) is 28.7. The summed E-state index contributed by atoms with van der Waals surface area (Å²) >= 11 is 0. The van der Waals surface area contributed by atoms with Gasteiger partial charge in [-0.2, -0.15) is 5.26 Å². The number of nitrogens with zero attached hydrogens (tertiary/aromatic N) is 4. The van der Waals surface area contributed by atoms with Crippen LogP contribution in [0.4, 0.5) is 28.4 Å². The average molecular weight is 685 g/mol. The molecule has 0 radical (unpaired) electrons. The van der Waals surface area contributed by atoms with Gasteiger partial charge < -0.3 is 29.9 Å². The van der Waals surface area contributed by atoms with Gasteiger partial charge in [0.15, 0.2) is 11.5 Å². The van der Waals surface area contributed by atoms with Crippen molar-refractivity contribution in [3.8, 4) is 6.07 Å². The summed E-state index contributed by atoms with van der Waals surface area (Å²) in [5.41, 5.74) is -0.692. The summed E-state index contributed by atoms with van der Waals surface area (Å²) in [6.07, 6.45) is 2.46. The highest BCUT2D eigenvalue weighted by Gasteiger charge is 2.53. The van der Waals surface area contributed by atoms with Crippen molar-refractivity contribution in [1.82, 2.24) is 20.4 Å². The molecule has 2 amide bonds. The minimum absolute atomic E-state index is 0.0379. The Morgan fingerprint density at radius 3 is 2.41 bits per heavy atom. The molecule has 1 aliphatic carbocycles. The number of hydrogen-bond donors (Lipinski definition) is 2. The van der Waals surface area contributed by atoms with E-state index >= 15 is 8.78 Å². The van der Waals surface area contributed by atoms with E-state index in [0.717, 1.165) is 18.4 Å². The lowest BCUT2D eigenvalue weighted by molar-refractivity contribution is 0.0253. The minimum Gasteiger partial charge on any atom is -0.453 e. The maximum atomic E-state index is 16.1. The number of nitriles is 1. The molecule has 2 aromatic carbocycles. The number of hydrogen-bond acceptors (Lipinski definition) is 8. The molecule has 2 heterocycles. The predicted octanol–water partition coefficient (Wildman–Crippen LogP) is 4.96. The molecule has 49 heavy (non-hydrogen) atoms. The van der Waals surface area contributed by atoms with Crippen LogP contribution >= 0.6 is 0 Å². The van der Waals surface area contributed by atoms with E-state index in [4.69, 9.17) is 9.47 Å². The van der Waals surface area contributed by atoms with E-state index in [2.05, 4.69) is 21.6 Å². The lowest BCUT2D eigenvalue weighted by atomic mass is 9.58. The van der Waals surface area contributed by atoms with Crippen LogP contribution in [-0.2, 0) is 21.4 Å². The number of alkyl halides is 1. The summed E-state index contributed by atoms with van der Waals surface area (Å²) in [5.74, 6) is -1.07. The second-order valence-corrected chi connectivity index (χ2v) is 14.0. The Kier molecular flexibility index (Phi) is 11.3. The number of nitrogens with one attached hydrogen (secondary N) is 2. The van der Waals surface area contributed by atoms with Crippen LogP contribution in [0.25, 0.3) is 0 Å². The first-order chi connectivity index (χ1) is 23.4. The maximum absolute atomic E-state index is 16.1. The van der Waals surface area contributed by atoms with Crippen LogP contribution in [-0.4, -0.2) is 101 Å². The third-order valence-corrected chi connectivity index (χ3v) is 10.7. The molecule has 1 saturated carbocycles. The van der Waals surface area contributed by atoms with E-state index in [9.17, 15) is 19.2 Å². The second kappa shape index (κ2) is 15.3. The quantitative estimate of drug-likeness (QED) is 0.342. The topological polar surface area (TPSA) is 110 Å². The molecule has 3 aliphatic rings. The number of benzene rings is 2. The van der Waals surface area contributed by atoms with Crippen LogP contribution < -0.4 is 15.5 Å². The number of carbonyl (C=O) groups is 2. The Morgan fingerprint density at radius 2 is 1.78 bits per heavy atom. The number of likely N-dealkylation sites (tertiary alicyclic amines) is 1. The molecule has 0 spiro atoms. The molecule has 2 aromatic rings. The summed E-state index contributed by atoms with van der Waals surface area (Å²) in [4.78, 5) is 30.4. The molecule has 3 atom stereocenters. The second-order valence-electron chi connectivity index (χ2n) is 14.0. The number of alkyl carbamates (subject to hydrolysis) is 2. The highest BCUT2D eigenvalue weighted by atomic mass is 19.1. The fourth-order valence-electron chi connectivity index (χ4n) is 8.50. The third kappa shape index (κ3) is 7.75. The zero-order chi connectivity index (χ0) is 35.3. The Labute approximate surface area is 286 Å². The number of methoxy groups -OCH3 is 2. The third-order valence-electron chi connectivity index (χ3n) is 10.7. The largest absolute Gasteiger partial charge is 0.453 e. The van der Waals surface area contributed by atoms with Crippen LogP contribution in [0.3, 0.4) is 0 Å². The van der Waals surface area contributed by atoms with Crippen LogP contribution in [0.1, 0.15) is 48.8 Å². The molecular formula is C36H47F3N6O4. The number of anilines is 1. The Morgan fingerprint density at radius 1 is 1.06 bits per heavy atom. The molecule has 266 valence electrons. The van der Waals surface area contributed by atoms with Crippen molar-refractivity contribution in [3.05, 3.63) is 64.7 Å². The van der Waals surface area contributed by atoms with E-state index in [0.29, 0.717) is 43.6 Å². The Balaban J connectivity index is 1.34. The molecule has 0 aromatic heterocycles. The van der Waals surface area contributed by atoms with Crippen molar-refractivity contribution in [2.75, 3.05) is 72.5 Å². The van der Waals surface area contributed by atoms with Gasteiger partial charge in [-0.25, -0.2) is 22.8 Å². The molecule has 2 saturated heterocycles. The van der Waals surface area contributed by atoms with E-state index in [1.54, 1.807) is 42.1 Å². The molecule has 13 heteroatoms. The van der Waals surface area contributed by atoms with Gasteiger partial charge in [-0.05, 0) is 94.5 Å². The maximum Gasteiger partial charge on any atom is 0.407 e. The van der Waals surface area contributed by atoms with Crippen LogP contribution in [0.2, 0.25) is 0 Å². The minimum atomic E-state index is -1.54. The fraction of sp³-hybridized carbons (Fsp3) is 0.583. The van der Waals surface area contributed by atoms with Crippen molar-refractivity contribution in [3.63, 3.8) is 0 Å². The van der Waals surface area contributed by atoms with Crippen LogP contribution in [0.15, 0.2) is 36.4 Å². The van der Waals surface area contributed by atoms with Gasteiger partial charge in [-0.15, -0.1) is 0 Å². The number of ether oxygens (including phenoxy) is 2. The van der Waals surface area contributed by atoms with Crippen molar-refractivity contribution >= 4 is 17.9 Å². The molecule has 2 aliphatic heterocycles. The van der Waals surface area contributed by atoms with Gasteiger partial charge in [0.2, 0.25) is 0 Å². The molecule has 0 unspecified atom stereocenters. The fourth-order valence-corrected chi connectivity index (χ4v) is 8.50. The summed E-state index contributed by atoms with van der Waals surface area (Å²) in [5, 5.41) is 15.4. The van der Waals surface area contributed by atoms with Crippen molar-refractivity contribution in [2.45, 2.75) is 55.8 Å². The molecule has 2 N–H and O–H groups in total. The van der Waals surface area contributed by atoms with Crippen LogP contribution in [0.5, 0.6) is 0 Å². The number of carbonyl (C=O) groups excluding carboxylic acids is 2. The summed E-state index contributed by atoms with van der Waals surface area (Å²) < 4.78 is 56.4. The number of halogens is 3. The smallest absolute Gasteiger partial charge is 0.407 e. The SMILES string of the molecule is COC(=O)NC[C@@](c1cccc(F)c1)(C1CCN(CC2(F)CN(c3ccc(C#N)c(CN(C)C)c3F)C2)CC1)[C@H]1CCC[C@@H]1NC(=O)OC. The summed E-state index contributed by atoms with van der Waals surface area (Å²) in [6, 6.07) is 11.4. The normalized spacial score (nSPS) is 22.1. The van der Waals surface area contributed by atoms with Gasteiger partial charge in [-0.1, -0.05) is 18.6 Å². The van der Waals surface area contributed by atoms with Gasteiger partial charge in [0.25, 0.3) is 0 Å². The number of rotatable bonds is 11. The zero-order valence-corrected chi connectivity index (χ0v) is 28.7. The molecule has 10 nitrogen and oxygen atoms in total. The van der Waals surface area contributed by atoms with Crippen LogP contribution in [0, 0.1) is 34.8 Å². The average Bonchev–Trinajstić information content (AvgIpc) is 3.53. The first kappa shape index (κ1) is 36.3. The van der Waals surface area contributed by atoms with Crippen molar-refractivity contribution in [1.29, 1.82) is 5.26 Å².